The first-order valence-corrected chi connectivity index (χ1v) is 12.1. The third-order valence-electron chi connectivity index (χ3n) is 4.88. The molecule has 5 amide bonds. The molecule has 12 nitrogen and oxygen atoms in total. The van der Waals surface area contributed by atoms with Crippen LogP contribution in [0.4, 0.5) is 32.7 Å². The summed E-state index contributed by atoms with van der Waals surface area (Å²) in [4.78, 5) is 56.8. The lowest BCUT2D eigenvalue weighted by Gasteiger charge is -2.14. The van der Waals surface area contributed by atoms with Gasteiger partial charge < -0.3 is 26.6 Å². The third-order valence-corrected chi connectivity index (χ3v) is 6.34. The number of urea groups is 1. The van der Waals surface area contributed by atoms with E-state index < -0.39 is 12.1 Å². The van der Waals surface area contributed by atoms with Gasteiger partial charge in [-0.15, -0.1) is 0 Å². The molecule has 2 fully saturated rings. The van der Waals surface area contributed by atoms with Crippen LogP contribution >= 0.6 is 27.7 Å². The minimum atomic E-state index is -0.480. The highest BCUT2D eigenvalue weighted by Crippen LogP contribution is 2.25. The number of carbonyl (C=O) groups excluding carboxylic acids is 4. The van der Waals surface area contributed by atoms with Crippen molar-refractivity contribution < 1.29 is 19.2 Å². The molecule has 1 aromatic carbocycles. The van der Waals surface area contributed by atoms with Crippen LogP contribution in [0.15, 0.2) is 34.9 Å². The molecular weight excluding hydrogens is 528 g/mol. The molecule has 14 heteroatoms. The molecule has 34 heavy (non-hydrogen) atoms. The van der Waals surface area contributed by atoms with Crippen LogP contribution in [0.2, 0.25) is 0 Å². The van der Waals surface area contributed by atoms with Gasteiger partial charge in [0, 0.05) is 30.7 Å². The van der Waals surface area contributed by atoms with Crippen molar-refractivity contribution in [2.75, 3.05) is 40.9 Å². The Kier molecular flexibility index (Phi) is 7.47. The number of halogens is 1. The Morgan fingerprint density at radius 1 is 1.26 bits per heavy atom. The lowest BCUT2D eigenvalue weighted by molar-refractivity contribution is -0.122. The van der Waals surface area contributed by atoms with Crippen LogP contribution in [0.3, 0.4) is 0 Å². The van der Waals surface area contributed by atoms with E-state index in [0.717, 1.165) is 16.7 Å². The van der Waals surface area contributed by atoms with E-state index in [0.29, 0.717) is 52.9 Å². The van der Waals surface area contributed by atoms with Gasteiger partial charge in [0.2, 0.25) is 11.9 Å². The molecule has 4 rings (SSSR count). The molecule has 2 saturated heterocycles. The van der Waals surface area contributed by atoms with Crippen molar-refractivity contribution in [2.24, 2.45) is 0 Å². The van der Waals surface area contributed by atoms with Gasteiger partial charge in [0.25, 0.3) is 11.1 Å². The first kappa shape index (κ1) is 23.8. The molecule has 0 aliphatic carbocycles. The highest BCUT2D eigenvalue weighted by molar-refractivity contribution is 9.10. The van der Waals surface area contributed by atoms with Gasteiger partial charge in [-0.3, -0.25) is 14.4 Å². The SMILES string of the molecule is O=C1NC(C(=O)NCCCNc2nc(Nc3cccc(N4C(=O)CNC4=O)c3)ncc2Br)CS1. The Bertz CT molecular complexity index is 1120. The number of amides is 5. The number of rotatable bonds is 9. The van der Waals surface area contributed by atoms with Crippen molar-refractivity contribution in [1.29, 1.82) is 0 Å². The third kappa shape index (κ3) is 5.75. The fourth-order valence-corrected chi connectivity index (χ4v) is 4.35. The molecule has 178 valence electrons. The maximum absolute atomic E-state index is 12.0. The molecule has 0 spiro atoms. The number of imide groups is 1. The predicted octanol–water partition coefficient (Wildman–Crippen LogP) is 1.78. The Morgan fingerprint density at radius 2 is 2.12 bits per heavy atom. The summed E-state index contributed by atoms with van der Waals surface area (Å²) in [6, 6.07) is 5.88. The number of hydrogen-bond donors (Lipinski definition) is 5. The standard InChI is InChI=1S/C20H21BrN8O4S/c21-13-8-24-18(26-11-3-1-4-12(7-11)29-15(30)9-25-19(29)32)28-16(13)22-5-2-6-23-17(31)14-10-34-20(33)27-14/h1,3-4,7-8,14H,2,5-6,9-10H2,(H,23,31)(H,25,32)(H,27,33)(H2,22,24,26,28). The van der Waals surface area contributed by atoms with Gasteiger partial charge in [0.15, 0.2) is 0 Å². The topological polar surface area (TPSA) is 157 Å². The van der Waals surface area contributed by atoms with Crippen LogP contribution < -0.4 is 31.5 Å². The van der Waals surface area contributed by atoms with E-state index in [1.807, 2.05) is 0 Å². The second-order valence-corrected chi connectivity index (χ2v) is 9.17. The van der Waals surface area contributed by atoms with Crippen LogP contribution in [-0.2, 0) is 9.59 Å². The van der Waals surface area contributed by atoms with Crippen molar-refractivity contribution in [2.45, 2.75) is 12.5 Å². The summed E-state index contributed by atoms with van der Waals surface area (Å²) in [5.74, 6) is 0.813. The van der Waals surface area contributed by atoms with Crippen molar-refractivity contribution >= 4 is 73.9 Å². The Balaban J connectivity index is 1.30. The molecule has 1 atom stereocenters. The molecule has 5 N–H and O–H groups in total. The largest absolute Gasteiger partial charge is 0.369 e. The number of anilines is 4. The summed E-state index contributed by atoms with van der Waals surface area (Å²) in [6.45, 7) is 0.969. The van der Waals surface area contributed by atoms with Crippen molar-refractivity contribution in [1.82, 2.24) is 25.9 Å². The highest BCUT2D eigenvalue weighted by atomic mass is 79.9. The van der Waals surface area contributed by atoms with Crippen LogP contribution in [0, 0.1) is 0 Å². The molecule has 3 heterocycles. The average molecular weight is 549 g/mol. The van der Waals surface area contributed by atoms with E-state index in [-0.39, 0.29) is 23.6 Å². The summed E-state index contributed by atoms with van der Waals surface area (Å²) >= 11 is 4.51. The van der Waals surface area contributed by atoms with Gasteiger partial charge in [-0.1, -0.05) is 17.8 Å². The normalized spacial score (nSPS) is 17.4. The van der Waals surface area contributed by atoms with E-state index in [9.17, 15) is 19.2 Å². The molecular formula is C20H21BrN8O4S. The van der Waals surface area contributed by atoms with Gasteiger partial charge in [-0.25, -0.2) is 14.7 Å². The van der Waals surface area contributed by atoms with Gasteiger partial charge in [-0.05, 0) is 40.5 Å². The molecule has 0 bridgehead atoms. The summed E-state index contributed by atoms with van der Waals surface area (Å²) in [6.07, 6.45) is 2.24. The van der Waals surface area contributed by atoms with Gasteiger partial charge in [0.05, 0.1) is 16.7 Å². The zero-order valence-corrected chi connectivity index (χ0v) is 20.2. The predicted molar refractivity (Wildman–Crippen MR) is 131 cm³/mol. The fourth-order valence-electron chi connectivity index (χ4n) is 3.24. The van der Waals surface area contributed by atoms with E-state index >= 15 is 0 Å². The molecule has 2 aliphatic heterocycles. The van der Waals surface area contributed by atoms with E-state index in [1.165, 1.54) is 0 Å². The van der Waals surface area contributed by atoms with Gasteiger partial charge in [-0.2, -0.15) is 4.98 Å². The lowest BCUT2D eigenvalue weighted by atomic mass is 10.2. The summed E-state index contributed by atoms with van der Waals surface area (Å²) in [5.41, 5.74) is 1.05. The summed E-state index contributed by atoms with van der Waals surface area (Å²) in [7, 11) is 0. The van der Waals surface area contributed by atoms with Crippen LogP contribution in [0.5, 0.6) is 0 Å². The van der Waals surface area contributed by atoms with Gasteiger partial charge >= 0.3 is 6.03 Å². The second-order valence-electron chi connectivity index (χ2n) is 7.32. The fraction of sp³-hybridized carbons (Fsp3) is 0.300. The molecule has 1 aromatic heterocycles. The number of thioether (sulfide) groups is 1. The van der Waals surface area contributed by atoms with E-state index in [2.05, 4.69) is 52.5 Å². The van der Waals surface area contributed by atoms with Crippen molar-refractivity contribution in [3.8, 4) is 0 Å². The monoisotopic (exact) mass is 548 g/mol. The minimum Gasteiger partial charge on any atom is -0.369 e. The molecule has 2 aromatic rings. The Hall–Kier alpha value is -3.39. The number of aromatic nitrogens is 2. The van der Waals surface area contributed by atoms with Crippen molar-refractivity contribution in [3.63, 3.8) is 0 Å². The van der Waals surface area contributed by atoms with E-state index in [1.54, 1.807) is 30.5 Å². The van der Waals surface area contributed by atoms with Crippen LogP contribution in [0.25, 0.3) is 0 Å². The maximum Gasteiger partial charge on any atom is 0.329 e. The second kappa shape index (κ2) is 10.7. The highest BCUT2D eigenvalue weighted by Gasteiger charge is 2.30. The molecule has 0 saturated carbocycles. The smallest absolute Gasteiger partial charge is 0.329 e. The summed E-state index contributed by atoms with van der Waals surface area (Å²) in [5, 5.41) is 14.0. The minimum absolute atomic E-state index is 0.0266. The average Bonchev–Trinajstić information content (AvgIpc) is 3.40. The first-order valence-electron chi connectivity index (χ1n) is 10.4. The van der Waals surface area contributed by atoms with Crippen LogP contribution in [-0.4, -0.2) is 64.5 Å². The molecule has 2 aliphatic rings. The first-order chi connectivity index (χ1) is 16.4. The maximum atomic E-state index is 12.0. The van der Waals surface area contributed by atoms with Gasteiger partial charge in [0.1, 0.15) is 11.9 Å². The number of hydrogen-bond acceptors (Lipinski definition) is 9. The van der Waals surface area contributed by atoms with Crippen LogP contribution in [0.1, 0.15) is 6.42 Å². The Labute approximate surface area is 207 Å². The number of nitrogens with zero attached hydrogens (tertiary/aromatic N) is 3. The number of benzene rings is 1. The number of carbonyl (C=O) groups is 4. The number of nitrogens with one attached hydrogen (secondary N) is 5. The lowest BCUT2D eigenvalue weighted by Crippen LogP contribution is -2.43. The molecule has 1 unspecified atom stereocenters. The molecule has 0 radical (unpaired) electrons. The van der Waals surface area contributed by atoms with E-state index in [4.69, 9.17) is 0 Å². The van der Waals surface area contributed by atoms with Crippen molar-refractivity contribution in [3.05, 3.63) is 34.9 Å². The summed E-state index contributed by atoms with van der Waals surface area (Å²) < 4.78 is 0.667. The zero-order chi connectivity index (χ0) is 24.1. The Morgan fingerprint density at radius 3 is 2.85 bits per heavy atom. The zero-order valence-electron chi connectivity index (χ0n) is 17.8. The quantitative estimate of drug-likeness (QED) is 0.232.